The Morgan fingerprint density at radius 3 is 2.48 bits per heavy atom. The summed E-state index contributed by atoms with van der Waals surface area (Å²) >= 11 is 0. The van der Waals surface area contributed by atoms with Gasteiger partial charge in [0.1, 0.15) is 6.54 Å². The number of hydrogen-bond acceptors (Lipinski definition) is 6. The molecule has 2 aromatic rings. The predicted molar refractivity (Wildman–Crippen MR) is 76.0 cm³/mol. The number of nitrogens with zero attached hydrogens (tertiary/aromatic N) is 4. The van der Waals surface area contributed by atoms with Crippen LogP contribution in [0.25, 0.3) is 0 Å². The van der Waals surface area contributed by atoms with Gasteiger partial charge in [-0.3, -0.25) is 4.79 Å². The fourth-order valence-electron chi connectivity index (χ4n) is 1.89. The van der Waals surface area contributed by atoms with Crippen molar-refractivity contribution in [1.82, 2.24) is 19.9 Å². The van der Waals surface area contributed by atoms with Crippen LogP contribution >= 0.6 is 0 Å². The lowest BCUT2D eigenvalue weighted by molar-refractivity contribution is 0.277. The van der Waals surface area contributed by atoms with E-state index >= 15 is 0 Å². The molecule has 21 heavy (non-hydrogen) atoms. The summed E-state index contributed by atoms with van der Waals surface area (Å²) in [4.78, 5) is 16.5. The van der Waals surface area contributed by atoms with E-state index in [9.17, 15) is 9.90 Å². The van der Waals surface area contributed by atoms with Crippen LogP contribution in [0.15, 0.2) is 9.32 Å². The topological polar surface area (TPSA) is 94.0 Å². The molecular weight excluding hydrogens is 272 g/mol. The lowest BCUT2D eigenvalue weighted by atomic mass is 9.97. The maximum absolute atomic E-state index is 12.2. The second-order valence-electron chi connectivity index (χ2n) is 6.08. The Morgan fingerprint density at radius 1 is 1.29 bits per heavy atom. The van der Waals surface area contributed by atoms with Gasteiger partial charge in [-0.2, -0.15) is 10.1 Å². The molecule has 2 heterocycles. The van der Waals surface area contributed by atoms with E-state index in [4.69, 9.17) is 4.52 Å². The van der Waals surface area contributed by atoms with Crippen LogP contribution in [0, 0.1) is 13.8 Å². The van der Waals surface area contributed by atoms with Crippen LogP contribution in [0.1, 0.15) is 49.3 Å². The first-order chi connectivity index (χ1) is 9.74. The Bertz CT molecular complexity index is 710. The Hall–Kier alpha value is -2.02. The van der Waals surface area contributed by atoms with Gasteiger partial charge in [-0.15, -0.1) is 0 Å². The van der Waals surface area contributed by atoms with Crippen molar-refractivity contribution in [2.75, 3.05) is 0 Å². The van der Waals surface area contributed by atoms with Gasteiger partial charge in [0, 0.05) is 11.0 Å². The molecule has 0 aliphatic rings. The summed E-state index contributed by atoms with van der Waals surface area (Å²) in [5.41, 5.74) is 1.17. The monoisotopic (exact) mass is 292 g/mol. The summed E-state index contributed by atoms with van der Waals surface area (Å²) < 4.78 is 6.45. The minimum atomic E-state index is -0.331. The number of rotatable bonds is 3. The molecule has 0 amide bonds. The van der Waals surface area contributed by atoms with Crippen LogP contribution in [0.3, 0.4) is 0 Å². The fourth-order valence-corrected chi connectivity index (χ4v) is 1.89. The third-order valence-corrected chi connectivity index (χ3v) is 3.32. The lowest BCUT2D eigenvalue weighted by Crippen LogP contribution is -2.29. The van der Waals surface area contributed by atoms with Gasteiger partial charge < -0.3 is 9.63 Å². The number of aliphatic hydroxyl groups is 1. The predicted octanol–water partition coefficient (Wildman–Crippen LogP) is 1.08. The van der Waals surface area contributed by atoms with Gasteiger partial charge in [-0.1, -0.05) is 25.9 Å². The highest BCUT2D eigenvalue weighted by atomic mass is 16.5. The largest absolute Gasteiger partial charge is 0.391 e. The van der Waals surface area contributed by atoms with Crippen molar-refractivity contribution in [1.29, 1.82) is 0 Å². The molecule has 1 N–H and O–H groups in total. The highest BCUT2D eigenvalue weighted by molar-refractivity contribution is 5.25. The van der Waals surface area contributed by atoms with Gasteiger partial charge in [0.15, 0.2) is 5.82 Å². The summed E-state index contributed by atoms with van der Waals surface area (Å²) in [6.45, 7) is 9.27. The van der Waals surface area contributed by atoms with Crippen LogP contribution in [0.2, 0.25) is 0 Å². The lowest BCUT2D eigenvalue weighted by Gasteiger charge is -2.10. The summed E-state index contributed by atoms with van der Waals surface area (Å²) in [5, 5.41) is 17.4. The summed E-state index contributed by atoms with van der Waals surface area (Å²) in [6, 6.07) is 0. The van der Waals surface area contributed by atoms with Gasteiger partial charge in [0.2, 0.25) is 5.89 Å². The molecule has 2 rings (SSSR count). The van der Waals surface area contributed by atoms with E-state index < -0.39 is 0 Å². The highest BCUT2D eigenvalue weighted by Gasteiger charge is 2.22. The molecule has 0 saturated carbocycles. The van der Waals surface area contributed by atoms with Crippen LogP contribution in [0.4, 0.5) is 0 Å². The average molecular weight is 292 g/mol. The SMILES string of the molecule is Cc1nn(Cc2noc(C(C)(C)C)n2)c(=O)c(CO)c1C. The van der Waals surface area contributed by atoms with Crippen molar-refractivity contribution in [3.63, 3.8) is 0 Å². The maximum atomic E-state index is 12.2. The van der Waals surface area contributed by atoms with Crippen molar-refractivity contribution in [3.8, 4) is 0 Å². The van der Waals surface area contributed by atoms with E-state index in [0.29, 0.717) is 28.5 Å². The Kier molecular flexibility index (Phi) is 3.95. The molecule has 0 aliphatic carbocycles. The van der Waals surface area contributed by atoms with Crippen molar-refractivity contribution >= 4 is 0 Å². The minimum absolute atomic E-state index is 0.118. The zero-order valence-corrected chi connectivity index (χ0v) is 13.0. The molecule has 0 bridgehead atoms. The van der Waals surface area contributed by atoms with E-state index in [0.717, 1.165) is 0 Å². The van der Waals surface area contributed by atoms with Gasteiger partial charge in [0.25, 0.3) is 5.56 Å². The molecule has 0 aromatic carbocycles. The molecule has 0 atom stereocenters. The van der Waals surface area contributed by atoms with E-state index in [2.05, 4.69) is 15.2 Å². The first-order valence-electron chi connectivity index (χ1n) is 6.75. The zero-order chi connectivity index (χ0) is 15.8. The van der Waals surface area contributed by atoms with E-state index in [-0.39, 0.29) is 24.1 Å². The van der Waals surface area contributed by atoms with Crippen molar-refractivity contribution < 1.29 is 9.63 Å². The van der Waals surface area contributed by atoms with Crippen molar-refractivity contribution in [2.45, 2.75) is 53.2 Å². The average Bonchev–Trinajstić information content (AvgIpc) is 2.85. The fraction of sp³-hybridized carbons (Fsp3) is 0.571. The third-order valence-electron chi connectivity index (χ3n) is 3.32. The number of aryl methyl sites for hydroxylation is 1. The van der Waals surface area contributed by atoms with Crippen LogP contribution < -0.4 is 5.56 Å². The zero-order valence-electron chi connectivity index (χ0n) is 13.0. The van der Waals surface area contributed by atoms with Crippen LogP contribution in [-0.2, 0) is 18.6 Å². The second kappa shape index (κ2) is 5.40. The Morgan fingerprint density at radius 2 is 1.95 bits per heavy atom. The smallest absolute Gasteiger partial charge is 0.272 e. The van der Waals surface area contributed by atoms with E-state index in [1.54, 1.807) is 13.8 Å². The summed E-state index contributed by atoms with van der Waals surface area (Å²) in [5.74, 6) is 0.901. The molecule has 0 fully saturated rings. The van der Waals surface area contributed by atoms with E-state index in [1.165, 1.54) is 4.68 Å². The van der Waals surface area contributed by atoms with E-state index in [1.807, 2.05) is 20.8 Å². The standard InChI is InChI=1S/C14H20N4O3/c1-8-9(2)16-18(12(20)10(8)7-19)6-11-15-13(21-17-11)14(3,4)5/h19H,6-7H2,1-5H3. The van der Waals surface area contributed by atoms with Gasteiger partial charge in [-0.25, -0.2) is 4.68 Å². The molecule has 0 spiro atoms. The Labute approximate surface area is 122 Å². The highest BCUT2D eigenvalue weighted by Crippen LogP contribution is 2.19. The molecule has 7 heteroatoms. The Balaban J connectivity index is 2.39. The van der Waals surface area contributed by atoms with Gasteiger partial charge in [0.05, 0.1) is 12.3 Å². The quantitative estimate of drug-likeness (QED) is 0.909. The number of hydrogen-bond donors (Lipinski definition) is 1. The molecule has 0 radical (unpaired) electrons. The molecule has 7 nitrogen and oxygen atoms in total. The van der Waals surface area contributed by atoms with Gasteiger partial charge >= 0.3 is 0 Å². The molecule has 0 unspecified atom stereocenters. The maximum Gasteiger partial charge on any atom is 0.272 e. The third kappa shape index (κ3) is 3.02. The normalized spacial score (nSPS) is 11.9. The molecular formula is C14H20N4O3. The minimum Gasteiger partial charge on any atom is -0.391 e. The van der Waals surface area contributed by atoms with Crippen LogP contribution in [0.5, 0.6) is 0 Å². The number of aromatic nitrogens is 4. The van der Waals surface area contributed by atoms with Crippen molar-refractivity contribution in [3.05, 3.63) is 38.9 Å². The summed E-state index contributed by atoms with van der Waals surface area (Å²) in [6.07, 6.45) is 0. The number of aliphatic hydroxyl groups excluding tert-OH is 1. The van der Waals surface area contributed by atoms with Gasteiger partial charge in [-0.05, 0) is 19.4 Å². The first-order valence-corrected chi connectivity index (χ1v) is 6.75. The second-order valence-corrected chi connectivity index (χ2v) is 6.08. The molecule has 0 aliphatic heterocycles. The summed E-state index contributed by atoms with van der Waals surface area (Å²) in [7, 11) is 0. The van der Waals surface area contributed by atoms with Crippen molar-refractivity contribution in [2.24, 2.45) is 0 Å². The first kappa shape index (κ1) is 15.4. The molecule has 114 valence electrons. The molecule has 0 saturated heterocycles. The van der Waals surface area contributed by atoms with Crippen LogP contribution in [-0.4, -0.2) is 25.0 Å². The molecule has 2 aromatic heterocycles.